The van der Waals surface area contributed by atoms with Crippen molar-refractivity contribution in [1.29, 1.82) is 0 Å². The quantitative estimate of drug-likeness (QED) is 0.870. The number of carboxylic acids is 1. The summed E-state index contributed by atoms with van der Waals surface area (Å²) in [7, 11) is 0. The summed E-state index contributed by atoms with van der Waals surface area (Å²) in [4.78, 5) is 11.3. The molecule has 3 atom stereocenters. The SMILES string of the molecule is CC1CCC(Nc2cccc(Cl)c2C(=O)O)C(C)C1. The molecule has 1 saturated carbocycles. The molecule has 1 aliphatic carbocycles. The van der Waals surface area contributed by atoms with E-state index in [1.165, 1.54) is 12.8 Å². The number of nitrogens with one attached hydrogen (secondary N) is 1. The molecule has 3 nitrogen and oxygen atoms in total. The summed E-state index contributed by atoms with van der Waals surface area (Å²) in [5.74, 6) is 0.320. The van der Waals surface area contributed by atoms with Crippen molar-refractivity contribution in [2.75, 3.05) is 5.32 Å². The van der Waals surface area contributed by atoms with E-state index in [1.807, 2.05) is 0 Å². The van der Waals surface area contributed by atoms with Crippen LogP contribution in [0.1, 0.15) is 43.5 Å². The molecule has 104 valence electrons. The maximum atomic E-state index is 11.3. The van der Waals surface area contributed by atoms with Crippen LogP contribution in [0.3, 0.4) is 0 Å². The molecular weight excluding hydrogens is 262 g/mol. The van der Waals surface area contributed by atoms with Crippen LogP contribution in [0.25, 0.3) is 0 Å². The number of anilines is 1. The third-order valence-corrected chi connectivity index (χ3v) is 4.31. The van der Waals surface area contributed by atoms with Crippen LogP contribution < -0.4 is 5.32 Å². The average Bonchev–Trinajstić information content (AvgIpc) is 2.32. The number of rotatable bonds is 3. The molecule has 19 heavy (non-hydrogen) atoms. The predicted octanol–water partition coefficient (Wildman–Crippen LogP) is 4.27. The van der Waals surface area contributed by atoms with Gasteiger partial charge in [0, 0.05) is 6.04 Å². The maximum absolute atomic E-state index is 11.3. The fourth-order valence-electron chi connectivity index (χ4n) is 2.94. The summed E-state index contributed by atoms with van der Waals surface area (Å²) in [6.45, 7) is 4.49. The summed E-state index contributed by atoms with van der Waals surface area (Å²) in [5.41, 5.74) is 0.807. The first-order valence-electron chi connectivity index (χ1n) is 6.77. The highest BCUT2D eigenvalue weighted by molar-refractivity contribution is 6.34. The van der Waals surface area contributed by atoms with Gasteiger partial charge < -0.3 is 10.4 Å². The van der Waals surface area contributed by atoms with Crippen LogP contribution in [-0.2, 0) is 0 Å². The highest BCUT2D eigenvalue weighted by atomic mass is 35.5. The molecule has 4 heteroatoms. The molecule has 0 aromatic heterocycles. The molecule has 3 unspecified atom stereocenters. The highest BCUT2D eigenvalue weighted by Crippen LogP contribution is 2.32. The number of carbonyl (C=O) groups is 1. The first-order valence-corrected chi connectivity index (χ1v) is 7.15. The monoisotopic (exact) mass is 281 g/mol. The van der Waals surface area contributed by atoms with E-state index in [-0.39, 0.29) is 10.6 Å². The van der Waals surface area contributed by atoms with Gasteiger partial charge in [-0.25, -0.2) is 4.79 Å². The van der Waals surface area contributed by atoms with Crippen molar-refractivity contribution < 1.29 is 9.90 Å². The molecule has 0 aliphatic heterocycles. The first kappa shape index (κ1) is 14.2. The molecule has 1 fully saturated rings. The molecule has 1 aromatic rings. The summed E-state index contributed by atoms with van der Waals surface area (Å²) in [5, 5.41) is 12.9. The lowest BCUT2D eigenvalue weighted by Gasteiger charge is -2.34. The molecule has 2 N–H and O–H groups in total. The topological polar surface area (TPSA) is 49.3 Å². The third kappa shape index (κ3) is 3.21. The van der Waals surface area contributed by atoms with Crippen molar-refractivity contribution in [3.8, 4) is 0 Å². The van der Waals surface area contributed by atoms with Gasteiger partial charge >= 0.3 is 5.97 Å². The van der Waals surface area contributed by atoms with Crippen molar-refractivity contribution in [3.63, 3.8) is 0 Å². The zero-order chi connectivity index (χ0) is 14.0. The number of benzene rings is 1. The lowest BCUT2D eigenvalue weighted by Crippen LogP contribution is -2.33. The van der Waals surface area contributed by atoms with E-state index in [9.17, 15) is 9.90 Å². The fourth-order valence-corrected chi connectivity index (χ4v) is 3.20. The summed E-state index contributed by atoms with van der Waals surface area (Å²) < 4.78 is 0. The van der Waals surface area contributed by atoms with E-state index >= 15 is 0 Å². The van der Waals surface area contributed by atoms with Gasteiger partial charge in [0.1, 0.15) is 5.56 Å². The van der Waals surface area contributed by atoms with Crippen LogP contribution in [0.5, 0.6) is 0 Å². The Bertz CT molecular complexity index is 475. The number of hydrogen-bond acceptors (Lipinski definition) is 2. The number of carboxylic acid groups (broad SMARTS) is 1. The standard InChI is InChI=1S/C15H20ClNO2/c1-9-6-7-12(10(2)8-9)17-13-5-3-4-11(16)14(13)15(18)19/h3-5,9-10,12,17H,6-8H2,1-2H3,(H,18,19). The largest absolute Gasteiger partial charge is 0.478 e. The van der Waals surface area contributed by atoms with Gasteiger partial charge in [0.25, 0.3) is 0 Å². The molecule has 1 aromatic carbocycles. The Balaban J connectivity index is 2.19. The third-order valence-electron chi connectivity index (χ3n) is 4.00. The van der Waals surface area contributed by atoms with E-state index in [0.717, 1.165) is 12.3 Å². The van der Waals surface area contributed by atoms with Crippen molar-refractivity contribution >= 4 is 23.3 Å². The minimum atomic E-state index is -0.982. The van der Waals surface area contributed by atoms with Crippen LogP contribution >= 0.6 is 11.6 Å². The fraction of sp³-hybridized carbons (Fsp3) is 0.533. The summed E-state index contributed by atoms with van der Waals surface area (Å²) >= 11 is 5.98. The van der Waals surface area contributed by atoms with Gasteiger partial charge in [-0.15, -0.1) is 0 Å². The average molecular weight is 282 g/mol. The van der Waals surface area contributed by atoms with Crippen molar-refractivity contribution in [1.82, 2.24) is 0 Å². The minimum absolute atomic E-state index is 0.176. The van der Waals surface area contributed by atoms with E-state index in [0.29, 0.717) is 17.6 Å². The Labute approximate surface area is 119 Å². The molecule has 2 rings (SSSR count). The maximum Gasteiger partial charge on any atom is 0.339 e. The molecule has 0 bridgehead atoms. The van der Waals surface area contributed by atoms with Crippen LogP contribution in [0.15, 0.2) is 18.2 Å². The molecular formula is C15H20ClNO2. The zero-order valence-corrected chi connectivity index (χ0v) is 12.1. The normalized spacial score (nSPS) is 27.0. The van der Waals surface area contributed by atoms with E-state index in [2.05, 4.69) is 19.2 Å². The highest BCUT2D eigenvalue weighted by Gasteiger charge is 2.26. The van der Waals surface area contributed by atoms with Gasteiger partial charge in [0.2, 0.25) is 0 Å². The second-order valence-electron chi connectivity index (χ2n) is 5.61. The molecule has 0 heterocycles. The van der Waals surface area contributed by atoms with E-state index in [4.69, 9.17) is 11.6 Å². The lowest BCUT2D eigenvalue weighted by atomic mass is 9.80. The van der Waals surface area contributed by atoms with Gasteiger partial charge in [-0.2, -0.15) is 0 Å². The lowest BCUT2D eigenvalue weighted by molar-refractivity contribution is 0.0698. The Morgan fingerprint density at radius 2 is 2.11 bits per heavy atom. The molecule has 1 aliphatic rings. The Kier molecular flexibility index (Phi) is 4.35. The van der Waals surface area contributed by atoms with Crippen LogP contribution in [0, 0.1) is 11.8 Å². The van der Waals surface area contributed by atoms with E-state index in [1.54, 1.807) is 18.2 Å². The van der Waals surface area contributed by atoms with Crippen LogP contribution in [0.2, 0.25) is 5.02 Å². The second kappa shape index (κ2) is 5.83. The molecule has 0 radical (unpaired) electrons. The van der Waals surface area contributed by atoms with E-state index < -0.39 is 5.97 Å². The molecule has 0 saturated heterocycles. The Morgan fingerprint density at radius 1 is 1.37 bits per heavy atom. The van der Waals surface area contributed by atoms with Gasteiger partial charge in [-0.3, -0.25) is 0 Å². The Hall–Kier alpha value is -1.22. The smallest absolute Gasteiger partial charge is 0.339 e. The van der Waals surface area contributed by atoms with Crippen molar-refractivity contribution in [2.24, 2.45) is 11.8 Å². The minimum Gasteiger partial charge on any atom is -0.478 e. The molecule has 0 spiro atoms. The van der Waals surface area contributed by atoms with Crippen molar-refractivity contribution in [3.05, 3.63) is 28.8 Å². The van der Waals surface area contributed by atoms with Gasteiger partial charge in [-0.05, 0) is 43.2 Å². The summed E-state index contributed by atoms with van der Waals surface area (Å²) in [6.07, 6.45) is 3.44. The second-order valence-corrected chi connectivity index (χ2v) is 6.02. The Morgan fingerprint density at radius 3 is 2.74 bits per heavy atom. The van der Waals surface area contributed by atoms with Gasteiger partial charge in [-0.1, -0.05) is 31.5 Å². The van der Waals surface area contributed by atoms with Gasteiger partial charge in [0.15, 0.2) is 0 Å². The summed E-state index contributed by atoms with van der Waals surface area (Å²) in [6, 6.07) is 5.52. The number of hydrogen-bond donors (Lipinski definition) is 2. The van der Waals surface area contributed by atoms with Crippen LogP contribution in [0.4, 0.5) is 5.69 Å². The van der Waals surface area contributed by atoms with Crippen molar-refractivity contribution in [2.45, 2.75) is 39.2 Å². The van der Waals surface area contributed by atoms with Crippen LogP contribution in [-0.4, -0.2) is 17.1 Å². The first-order chi connectivity index (χ1) is 8.99. The van der Waals surface area contributed by atoms with Gasteiger partial charge in [0.05, 0.1) is 10.7 Å². The number of aromatic carboxylic acids is 1. The predicted molar refractivity (Wildman–Crippen MR) is 78.0 cm³/mol. The number of halogens is 1. The molecule has 0 amide bonds. The zero-order valence-electron chi connectivity index (χ0n) is 11.3.